The Hall–Kier alpha value is -1.02. The Balaban J connectivity index is 3.15. The first-order chi connectivity index (χ1) is 6.19. The van der Waals surface area contributed by atoms with Crippen LogP contribution in [-0.4, -0.2) is 4.98 Å². The predicted molar refractivity (Wildman–Crippen MR) is 46.5 cm³/mol. The zero-order chi connectivity index (χ0) is 9.84. The molecule has 2 nitrogen and oxygen atoms in total. The molecule has 0 atom stereocenters. The van der Waals surface area contributed by atoms with Gasteiger partial charge in [0.1, 0.15) is 11.8 Å². The summed E-state index contributed by atoms with van der Waals surface area (Å²) < 4.78 is 24.3. The van der Waals surface area contributed by atoms with E-state index in [1.807, 2.05) is 6.07 Å². The molecule has 0 aliphatic carbocycles. The van der Waals surface area contributed by atoms with Crippen LogP contribution in [0.2, 0.25) is 0 Å². The van der Waals surface area contributed by atoms with E-state index >= 15 is 0 Å². The van der Waals surface area contributed by atoms with Crippen molar-refractivity contribution in [3.63, 3.8) is 0 Å². The van der Waals surface area contributed by atoms with Crippen molar-refractivity contribution in [1.82, 2.24) is 4.98 Å². The highest BCUT2D eigenvalue weighted by Crippen LogP contribution is 2.20. The van der Waals surface area contributed by atoms with Crippen LogP contribution in [0.4, 0.5) is 8.78 Å². The van der Waals surface area contributed by atoms with Gasteiger partial charge in [0, 0.05) is 11.5 Å². The van der Waals surface area contributed by atoms with Gasteiger partial charge < -0.3 is 0 Å². The molecule has 0 aromatic carbocycles. The minimum atomic E-state index is -2.59. The molecule has 0 fully saturated rings. The van der Waals surface area contributed by atoms with Crippen molar-refractivity contribution >= 4 is 15.9 Å². The van der Waals surface area contributed by atoms with Gasteiger partial charge in [-0.3, -0.25) is 4.98 Å². The van der Waals surface area contributed by atoms with Crippen molar-refractivity contribution in [3.05, 3.63) is 29.1 Å². The Labute approximate surface area is 82.3 Å². The molecule has 0 radical (unpaired) electrons. The molecule has 1 heterocycles. The van der Waals surface area contributed by atoms with Gasteiger partial charge in [0.05, 0.1) is 5.56 Å². The van der Waals surface area contributed by atoms with E-state index in [2.05, 4.69) is 20.9 Å². The van der Waals surface area contributed by atoms with Crippen molar-refractivity contribution in [2.45, 2.75) is 11.8 Å². The Kier molecular flexibility index (Phi) is 3.32. The van der Waals surface area contributed by atoms with E-state index in [1.165, 1.54) is 6.07 Å². The van der Waals surface area contributed by atoms with Gasteiger partial charge >= 0.3 is 0 Å². The molecule has 5 heteroatoms. The van der Waals surface area contributed by atoms with E-state index < -0.39 is 6.43 Å². The van der Waals surface area contributed by atoms with Gasteiger partial charge in [0.25, 0.3) is 6.43 Å². The number of rotatable bonds is 2. The lowest BCUT2D eigenvalue weighted by molar-refractivity contribution is 0.146. The highest BCUT2D eigenvalue weighted by Gasteiger charge is 2.11. The van der Waals surface area contributed by atoms with Crippen LogP contribution in [0.5, 0.6) is 0 Å². The first-order valence-corrected chi connectivity index (χ1v) is 4.54. The maximum Gasteiger partial charge on any atom is 0.280 e. The van der Waals surface area contributed by atoms with Crippen molar-refractivity contribution in [1.29, 1.82) is 5.26 Å². The summed E-state index contributed by atoms with van der Waals surface area (Å²) in [6.07, 6.45) is -1.43. The standard InChI is InChI=1S/C8H5BrF2N2/c9-2-5-1-7(8(10)11)13-4-6(5)3-12/h1,4,8H,2H2. The number of pyridine rings is 1. The molecular weight excluding hydrogens is 242 g/mol. The van der Waals surface area contributed by atoms with Crippen LogP contribution in [0.25, 0.3) is 0 Å². The monoisotopic (exact) mass is 246 g/mol. The second kappa shape index (κ2) is 4.28. The van der Waals surface area contributed by atoms with Gasteiger partial charge in [0.15, 0.2) is 0 Å². The SMILES string of the molecule is N#Cc1cnc(C(F)F)cc1CBr. The van der Waals surface area contributed by atoms with Crippen LogP contribution in [0.1, 0.15) is 23.2 Å². The smallest absolute Gasteiger partial charge is 0.254 e. The minimum absolute atomic E-state index is 0.298. The highest BCUT2D eigenvalue weighted by atomic mass is 79.9. The summed E-state index contributed by atoms with van der Waals surface area (Å²) >= 11 is 3.11. The average molecular weight is 247 g/mol. The van der Waals surface area contributed by atoms with E-state index in [9.17, 15) is 8.78 Å². The third-order valence-corrected chi connectivity index (χ3v) is 2.10. The summed E-state index contributed by atoms with van der Waals surface area (Å²) in [5.74, 6) is 0. The van der Waals surface area contributed by atoms with Gasteiger partial charge in [0.2, 0.25) is 0 Å². The van der Waals surface area contributed by atoms with Gasteiger partial charge in [-0.15, -0.1) is 0 Å². The van der Waals surface area contributed by atoms with E-state index in [0.29, 0.717) is 16.5 Å². The van der Waals surface area contributed by atoms with E-state index in [-0.39, 0.29) is 5.69 Å². The van der Waals surface area contributed by atoms with Crippen molar-refractivity contribution in [3.8, 4) is 6.07 Å². The number of nitrogens with zero attached hydrogens (tertiary/aromatic N) is 2. The molecular formula is C8H5BrF2N2. The van der Waals surface area contributed by atoms with Crippen LogP contribution in [-0.2, 0) is 5.33 Å². The van der Waals surface area contributed by atoms with Crippen molar-refractivity contribution < 1.29 is 8.78 Å². The Morgan fingerprint density at radius 3 is 2.77 bits per heavy atom. The number of hydrogen-bond donors (Lipinski definition) is 0. The molecule has 0 aliphatic heterocycles. The minimum Gasteiger partial charge on any atom is -0.254 e. The topological polar surface area (TPSA) is 36.7 Å². The maximum atomic E-state index is 12.2. The molecule has 0 amide bonds. The second-order valence-corrected chi connectivity index (χ2v) is 2.87. The molecule has 1 aromatic rings. The zero-order valence-electron chi connectivity index (χ0n) is 6.47. The average Bonchev–Trinajstić information content (AvgIpc) is 2.16. The molecule has 68 valence electrons. The quantitative estimate of drug-likeness (QED) is 0.753. The molecule has 0 N–H and O–H groups in total. The fourth-order valence-corrected chi connectivity index (χ4v) is 1.31. The molecule has 0 saturated carbocycles. The molecule has 1 rings (SSSR count). The van der Waals surface area contributed by atoms with Gasteiger partial charge in [-0.1, -0.05) is 15.9 Å². The van der Waals surface area contributed by atoms with Crippen LogP contribution in [0, 0.1) is 11.3 Å². The van der Waals surface area contributed by atoms with Crippen LogP contribution >= 0.6 is 15.9 Å². The molecule has 1 aromatic heterocycles. The van der Waals surface area contributed by atoms with Gasteiger partial charge in [-0.2, -0.15) is 5.26 Å². The summed E-state index contributed by atoms with van der Waals surface area (Å²) in [7, 11) is 0. The second-order valence-electron chi connectivity index (χ2n) is 2.31. The first kappa shape index (κ1) is 10.1. The van der Waals surface area contributed by atoms with E-state index in [0.717, 1.165) is 6.20 Å². The summed E-state index contributed by atoms with van der Waals surface area (Å²) in [5.41, 5.74) is 0.558. The molecule has 0 spiro atoms. The summed E-state index contributed by atoms with van der Waals surface area (Å²) in [5, 5.41) is 8.95. The summed E-state index contributed by atoms with van der Waals surface area (Å²) in [6.45, 7) is 0. The normalized spacial score (nSPS) is 10.1. The number of aromatic nitrogens is 1. The van der Waals surface area contributed by atoms with Crippen molar-refractivity contribution in [2.24, 2.45) is 0 Å². The fraction of sp³-hybridized carbons (Fsp3) is 0.250. The largest absolute Gasteiger partial charge is 0.280 e. The van der Waals surface area contributed by atoms with E-state index in [1.54, 1.807) is 0 Å². The lowest BCUT2D eigenvalue weighted by atomic mass is 10.1. The fourth-order valence-electron chi connectivity index (χ4n) is 0.846. The van der Waals surface area contributed by atoms with E-state index in [4.69, 9.17) is 5.26 Å². The third kappa shape index (κ3) is 2.22. The highest BCUT2D eigenvalue weighted by molar-refractivity contribution is 9.08. The van der Waals surface area contributed by atoms with Gasteiger partial charge in [-0.25, -0.2) is 8.78 Å². The van der Waals surface area contributed by atoms with Crippen molar-refractivity contribution in [2.75, 3.05) is 0 Å². The van der Waals surface area contributed by atoms with Crippen LogP contribution < -0.4 is 0 Å². The molecule has 0 unspecified atom stereocenters. The predicted octanol–water partition coefficient (Wildman–Crippen LogP) is 2.79. The number of alkyl halides is 3. The molecule has 13 heavy (non-hydrogen) atoms. The molecule has 0 aliphatic rings. The lowest BCUT2D eigenvalue weighted by Gasteiger charge is -2.02. The summed E-state index contributed by atoms with van der Waals surface area (Å²) in [4.78, 5) is 3.46. The maximum absolute atomic E-state index is 12.2. The first-order valence-electron chi connectivity index (χ1n) is 3.42. The van der Waals surface area contributed by atoms with Gasteiger partial charge in [-0.05, 0) is 11.6 Å². The number of nitriles is 1. The number of halogens is 3. The molecule has 0 saturated heterocycles. The Morgan fingerprint density at radius 2 is 2.31 bits per heavy atom. The lowest BCUT2D eigenvalue weighted by Crippen LogP contribution is -1.95. The Bertz CT molecular complexity index is 346. The number of hydrogen-bond acceptors (Lipinski definition) is 2. The Morgan fingerprint density at radius 1 is 1.62 bits per heavy atom. The zero-order valence-corrected chi connectivity index (χ0v) is 8.05. The third-order valence-electron chi connectivity index (χ3n) is 1.50. The van der Waals surface area contributed by atoms with Crippen LogP contribution in [0.3, 0.4) is 0 Å². The summed E-state index contributed by atoms with van der Waals surface area (Å²) in [6, 6.07) is 3.11. The van der Waals surface area contributed by atoms with Crippen LogP contribution in [0.15, 0.2) is 12.3 Å². The molecule has 0 bridgehead atoms.